The SMILES string of the molecule is O=C(c1ccco1)N1CCN(Cc2cc(-c3ccncc3)no2)CC1. The van der Waals surface area contributed by atoms with Gasteiger partial charge in [-0.25, -0.2) is 0 Å². The van der Waals surface area contributed by atoms with Crippen LogP contribution in [-0.2, 0) is 6.54 Å². The summed E-state index contributed by atoms with van der Waals surface area (Å²) in [5.74, 6) is 1.16. The average molecular weight is 338 g/mol. The predicted octanol–water partition coefficient (Wildman–Crippen LogP) is 2.29. The highest BCUT2D eigenvalue weighted by molar-refractivity contribution is 5.91. The van der Waals surface area contributed by atoms with Gasteiger partial charge in [-0.1, -0.05) is 5.16 Å². The number of amides is 1. The van der Waals surface area contributed by atoms with Crippen molar-refractivity contribution in [3.8, 4) is 11.3 Å². The van der Waals surface area contributed by atoms with Crippen LogP contribution in [0.4, 0.5) is 0 Å². The molecule has 1 aliphatic heterocycles. The molecule has 0 atom stereocenters. The molecule has 128 valence electrons. The second-order valence-electron chi connectivity index (χ2n) is 5.96. The molecule has 1 fully saturated rings. The molecule has 7 nitrogen and oxygen atoms in total. The quantitative estimate of drug-likeness (QED) is 0.726. The van der Waals surface area contributed by atoms with E-state index in [-0.39, 0.29) is 5.91 Å². The normalized spacial score (nSPS) is 15.4. The molecule has 0 N–H and O–H groups in total. The van der Waals surface area contributed by atoms with E-state index in [2.05, 4.69) is 15.0 Å². The van der Waals surface area contributed by atoms with E-state index in [1.165, 1.54) is 6.26 Å². The average Bonchev–Trinajstić information content (AvgIpc) is 3.35. The van der Waals surface area contributed by atoms with Gasteiger partial charge in [0.2, 0.25) is 0 Å². The monoisotopic (exact) mass is 338 g/mol. The maximum absolute atomic E-state index is 12.3. The number of nitrogens with zero attached hydrogens (tertiary/aromatic N) is 4. The van der Waals surface area contributed by atoms with E-state index in [9.17, 15) is 4.79 Å². The van der Waals surface area contributed by atoms with Crippen molar-refractivity contribution in [1.82, 2.24) is 19.9 Å². The second kappa shape index (κ2) is 6.90. The van der Waals surface area contributed by atoms with Gasteiger partial charge in [-0.15, -0.1) is 0 Å². The molecule has 3 aromatic heterocycles. The van der Waals surface area contributed by atoms with Crippen molar-refractivity contribution in [1.29, 1.82) is 0 Å². The van der Waals surface area contributed by atoms with Gasteiger partial charge in [0.1, 0.15) is 5.69 Å². The molecule has 4 rings (SSSR count). The van der Waals surface area contributed by atoms with Crippen LogP contribution in [0.15, 0.2) is 57.9 Å². The zero-order valence-corrected chi connectivity index (χ0v) is 13.7. The van der Waals surface area contributed by atoms with E-state index >= 15 is 0 Å². The number of rotatable bonds is 4. The predicted molar refractivity (Wildman–Crippen MR) is 89.6 cm³/mol. The lowest BCUT2D eigenvalue weighted by Crippen LogP contribution is -2.48. The molecule has 0 spiro atoms. The summed E-state index contributed by atoms with van der Waals surface area (Å²) in [6.07, 6.45) is 4.99. The van der Waals surface area contributed by atoms with Gasteiger partial charge in [0.05, 0.1) is 12.8 Å². The fourth-order valence-corrected chi connectivity index (χ4v) is 2.93. The molecule has 0 bridgehead atoms. The van der Waals surface area contributed by atoms with Gasteiger partial charge in [0.15, 0.2) is 11.5 Å². The van der Waals surface area contributed by atoms with Gasteiger partial charge in [-0.2, -0.15) is 0 Å². The first-order chi connectivity index (χ1) is 12.3. The van der Waals surface area contributed by atoms with Gasteiger partial charge >= 0.3 is 0 Å². The standard InChI is InChI=1S/C18H18N4O3/c23-18(17-2-1-11-24-17)22-9-7-21(8-10-22)13-15-12-16(20-25-15)14-3-5-19-6-4-14/h1-6,11-12H,7-10,13H2. The van der Waals surface area contributed by atoms with Crippen LogP contribution in [0.5, 0.6) is 0 Å². The zero-order chi connectivity index (χ0) is 17.1. The molecule has 1 amide bonds. The van der Waals surface area contributed by atoms with Crippen LogP contribution >= 0.6 is 0 Å². The molecule has 3 aromatic rings. The van der Waals surface area contributed by atoms with Crippen LogP contribution in [0.2, 0.25) is 0 Å². The Morgan fingerprint density at radius 1 is 1.12 bits per heavy atom. The second-order valence-corrected chi connectivity index (χ2v) is 5.96. The van der Waals surface area contributed by atoms with E-state index in [4.69, 9.17) is 8.94 Å². The minimum Gasteiger partial charge on any atom is -0.459 e. The molecular formula is C18H18N4O3. The van der Waals surface area contributed by atoms with Crippen LogP contribution in [0.25, 0.3) is 11.3 Å². The third kappa shape index (κ3) is 3.46. The van der Waals surface area contributed by atoms with Crippen LogP contribution in [0.3, 0.4) is 0 Å². The molecule has 0 aliphatic carbocycles. The molecule has 1 saturated heterocycles. The number of carbonyl (C=O) groups is 1. The van der Waals surface area contributed by atoms with Gasteiger partial charge < -0.3 is 13.8 Å². The maximum atomic E-state index is 12.3. The van der Waals surface area contributed by atoms with Crippen LogP contribution in [0, 0.1) is 0 Å². The number of hydrogen-bond donors (Lipinski definition) is 0. The fraction of sp³-hybridized carbons (Fsp3) is 0.278. The van der Waals surface area contributed by atoms with E-state index in [0.717, 1.165) is 30.1 Å². The number of pyridine rings is 1. The number of piperazine rings is 1. The fourth-order valence-electron chi connectivity index (χ4n) is 2.93. The largest absolute Gasteiger partial charge is 0.459 e. The van der Waals surface area contributed by atoms with Crippen molar-refractivity contribution < 1.29 is 13.7 Å². The lowest BCUT2D eigenvalue weighted by atomic mass is 10.2. The first-order valence-corrected chi connectivity index (χ1v) is 8.21. The highest BCUT2D eigenvalue weighted by Crippen LogP contribution is 2.19. The number of furan rings is 1. The minimum absolute atomic E-state index is 0.0516. The highest BCUT2D eigenvalue weighted by Gasteiger charge is 2.24. The Labute approximate surface area is 144 Å². The summed E-state index contributed by atoms with van der Waals surface area (Å²) in [6.45, 7) is 3.60. The molecular weight excluding hydrogens is 320 g/mol. The number of hydrogen-bond acceptors (Lipinski definition) is 6. The summed E-state index contributed by atoms with van der Waals surface area (Å²) in [7, 11) is 0. The summed E-state index contributed by atoms with van der Waals surface area (Å²) in [5.41, 5.74) is 1.79. The summed E-state index contributed by atoms with van der Waals surface area (Å²) in [4.78, 5) is 20.3. The van der Waals surface area contributed by atoms with Gasteiger partial charge in [0.25, 0.3) is 5.91 Å². The topological polar surface area (TPSA) is 75.6 Å². The molecule has 0 unspecified atom stereocenters. The van der Waals surface area contributed by atoms with Gasteiger partial charge in [-0.3, -0.25) is 14.7 Å². The highest BCUT2D eigenvalue weighted by atomic mass is 16.5. The summed E-state index contributed by atoms with van der Waals surface area (Å²) < 4.78 is 10.6. The van der Waals surface area contributed by atoms with Crippen molar-refractivity contribution >= 4 is 5.91 Å². The van der Waals surface area contributed by atoms with Crippen LogP contribution < -0.4 is 0 Å². The van der Waals surface area contributed by atoms with Crippen LogP contribution in [0.1, 0.15) is 16.3 Å². The number of aromatic nitrogens is 2. The Balaban J connectivity index is 1.33. The minimum atomic E-state index is -0.0516. The first-order valence-electron chi connectivity index (χ1n) is 8.21. The van der Waals surface area contributed by atoms with Gasteiger partial charge in [-0.05, 0) is 24.3 Å². The Kier molecular flexibility index (Phi) is 4.30. The van der Waals surface area contributed by atoms with E-state index in [1.54, 1.807) is 24.5 Å². The third-order valence-corrected chi connectivity index (χ3v) is 4.31. The van der Waals surface area contributed by atoms with Crippen molar-refractivity contribution in [3.05, 3.63) is 60.5 Å². The Hall–Kier alpha value is -2.93. The summed E-state index contributed by atoms with van der Waals surface area (Å²) in [5, 5.41) is 4.12. The molecule has 1 aliphatic rings. The molecule has 4 heterocycles. The molecule has 25 heavy (non-hydrogen) atoms. The van der Waals surface area contributed by atoms with E-state index in [0.29, 0.717) is 25.4 Å². The van der Waals surface area contributed by atoms with Crippen molar-refractivity contribution in [2.24, 2.45) is 0 Å². The maximum Gasteiger partial charge on any atom is 0.289 e. The van der Waals surface area contributed by atoms with Gasteiger partial charge in [0, 0.05) is 50.2 Å². The molecule has 0 saturated carbocycles. The summed E-state index contributed by atoms with van der Waals surface area (Å²) >= 11 is 0. The molecule has 0 radical (unpaired) electrons. The zero-order valence-electron chi connectivity index (χ0n) is 13.7. The smallest absolute Gasteiger partial charge is 0.289 e. The Morgan fingerprint density at radius 2 is 1.92 bits per heavy atom. The molecule has 0 aromatic carbocycles. The summed E-state index contributed by atoms with van der Waals surface area (Å²) in [6, 6.07) is 9.19. The van der Waals surface area contributed by atoms with E-state index in [1.807, 2.05) is 23.1 Å². The van der Waals surface area contributed by atoms with Crippen LogP contribution in [-0.4, -0.2) is 52.0 Å². The lowest BCUT2D eigenvalue weighted by molar-refractivity contribution is 0.0587. The Morgan fingerprint density at radius 3 is 2.64 bits per heavy atom. The molecule has 7 heteroatoms. The van der Waals surface area contributed by atoms with Crippen molar-refractivity contribution in [3.63, 3.8) is 0 Å². The van der Waals surface area contributed by atoms with E-state index < -0.39 is 0 Å². The third-order valence-electron chi connectivity index (χ3n) is 4.31. The lowest BCUT2D eigenvalue weighted by Gasteiger charge is -2.33. The van der Waals surface area contributed by atoms with Crippen molar-refractivity contribution in [2.45, 2.75) is 6.54 Å². The number of carbonyl (C=O) groups excluding carboxylic acids is 1. The first kappa shape index (κ1) is 15.6. The Bertz CT molecular complexity index is 821. The van der Waals surface area contributed by atoms with Crippen molar-refractivity contribution in [2.75, 3.05) is 26.2 Å².